The van der Waals surface area contributed by atoms with Crippen LogP contribution in [0.2, 0.25) is 0 Å². The van der Waals surface area contributed by atoms with E-state index >= 15 is 0 Å². The fraction of sp³-hybridized carbons (Fsp3) is 0.800. The first-order valence-electron chi connectivity index (χ1n) is 5.68. The van der Waals surface area contributed by atoms with Crippen molar-refractivity contribution >= 4 is 18.2 Å². The van der Waals surface area contributed by atoms with Crippen molar-refractivity contribution in [3.05, 3.63) is 4.77 Å². The maximum atomic E-state index is 5.71. The molecule has 15 heavy (non-hydrogen) atoms. The summed E-state index contributed by atoms with van der Waals surface area (Å²) in [7, 11) is 0. The fourth-order valence-electron chi connectivity index (χ4n) is 2.33. The smallest absolute Gasteiger partial charge is 0.220 e. The Morgan fingerprint density at radius 3 is 2.73 bits per heavy atom. The fourth-order valence-corrected chi connectivity index (χ4v) is 2.56. The van der Waals surface area contributed by atoms with Crippen molar-refractivity contribution in [3.63, 3.8) is 0 Å². The number of aromatic amines is 1. The number of rotatable bonds is 3. The zero-order valence-electron chi connectivity index (χ0n) is 8.91. The van der Waals surface area contributed by atoms with Gasteiger partial charge in [0.05, 0.1) is 0 Å². The number of hydrogen-bond donors (Lipinski definition) is 2. The summed E-state index contributed by atoms with van der Waals surface area (Å²) < 4.78 is 2.53. The van der Waals surface area contributed by atoms with Crippen LogP contribution in [0.1, 0.15) is 38.5 Å². The summed E-state index contributed by atoms with van der Waals surface area (Å²) in [5.74, 6) is 1.37. The monoisotopic (exact) mass is 226 g/mol. The number of H-pyrrole nitrogens is 1. The van der Waals surface area contributed by atoms with Crippen LogP contribution in [0.4, 0.5) is 5.95 Å². The van der Waals surface area contributed by atoms with Crippen molar-refractivity contribution in [2.45, 2.75) is 45.1 Å². The largest absolute Gasteiger partial charge is 0.368 e. The quantitative estimate of drug-likeness (QED) is 0.778. The Bertz CT molecular complexity index is 362. The topological polar surface area (TPSA) is 59.6 Å². The van der Waals surface area contributed by atoms with Gasteiger partial charge in [-0.3, -0.25) is 4.57 Å². The molecule has 2 rings (SSSR count). The Morgan fingerprint density at radius 1 is 1.40 bits per heavy atom. The van der Waals surface area contributed by atoms with Crippen LogP contribution < -0.4 is 5.73 Å². The minimum Gasteiger partial charge on any atom is -0.368 e. The second-order valence-electron chi connectivity index (χ2n) is 4.33. The van der Waals surface area contributed by atoms with Crippen LogP contribution in [0.3, 0.4) is 0 Å². The Morgan fingerprint density at radius 2 is 2.13 bits per heavy atom. The SMILES string of the molecule is Nc1n[nH]c(=S)n1CCC1CCCCC1. The van der Waals surface area contributed by atoms with Gasteiger partial charge in [-0.2, -0.15) is 0 Å². The molecule has 0 aromatic carbocycles. The Balaban J connectivity index is 1.89. The van der Waals surface area contributed by atoms with Gasteiger partial charge < -0.3 is 5.73 Å². The third kappa shape index (κ3) is 2.59. The average molecular weight is 226 g/mol. The molecule has 0 unspecified atom stereocenters. The normalized spacial score (nSPS) is 18.1. The standard InChI is InChI=1S/C10H18N4S/c11-9-12-13-10(15)14(9)7-6-8-4-2-1-3-5-8/h8H,1-7H2,(H2,11,12)(H,13,15). The minimum atomic E-state index is 0.510. The van der Waals surface area contributed by atoms with Crippen molar-refractivity contribution in [3.8, 4) is 0 Å². The first-order chi connectivity index (χ1) is 7.27. The highest BCUT2D eigenvalue weighted by Crippen LogP contribution is 2.26. The third-order valence-electron chi connectivity index (χ3n) is 3.27. The van der Waals surface area contributed by atoms with E-state index in [4.69, 9.17) is 18.0 Å². The number of nitrogens with zero attached hydrogens (tertiary/aromatic N) is 2. The lowest BCUT2D eigenvalue weighted by atomic mass is 9.87. The first-order valence-corrected chi connectivity index (χ1v) is 6.09. The molecule has 3 N–H and O–H groups in total. The maximum Gasteiger partial charge on any atom is 0.220 e. The van der Waals surface area contributed by atoms with E-state index in [1.165, 1.54) is 38.5 Å². The molecule has 0 spiro atoms. The summed E-state index contributed by atoms with van der Waals surface area (Å²) in [5, 5.41) is 6.62. The van der Waals surface area contributed by atoms with E-state index in [0.29, 0.717) is 10.7 Å². The van der Waals surface area contributed by atoms with Crippen molar-refractivity contribution in [1.29, 1.82) is 0 Å². The van der Waals surface area contributed by atoms with Crippen LogP contribution >= 0.6 is 12.2 Å². The molecule has 5 heteroatoms. The molecule has 0 saturated heterocycles. The van der Waals surface area contributed by atoms with Crippen molar-refractivity contribution in [1.82, 2.24) is 14.8 Å². The van der Waals surface area contributed by atoms with Gasteiger partial charge in [-0.1, -0.05) is 32.1 Å². The van der Waals surface area contributed by atoms with E-state index in [9.17, 15) is 0 Å². The summed E-state index contributed by atoms with van der Waals surface area (Å²) in [5.41, 5.74) is 5.71. The number of nitrogens with two attached hydrogens (primary N) is 1. The third-order valence-corrected chi connectivity index (χ3v) is 3.59. The van der Waals surface area contributed by atoms with Gasteiger partial charge in [-0.05, 0) is 24.6 Å². The number of anilines is 1. The molecule has 1 aliphatic rings. The van der Waals surface area contributed by atoms with Gasteiger partial charge in [-0.15, -0.1) is 5.10 Å². The lowest BCUT2D eigenvalue weighted by molar-refractivity contribution is 0.324. The second kappa shape index (κ2) is 4.79. The van der Waals surface area contributed by atoms with E-state index in [0.717, 1.165) is 12.5 Å². The zero-order chi connectivity index (χ0) is 10.7. The van der Waals surface area contributed by atoms with Crippen LogP contribution in [0.15, 0.2) is 0 Å². The van der Waals surface area contributed by atoms with Crippen LogP contribution in [-0.4, -0.2) is 14.8 Å². The molecule has 0 bridgehead atoms. The summed E-state index contributed by atoms with van der Waals surface area (Å²) in [6.07, 6.45) is 8.09. The molecule has 0 aliphatic heterocycles. The van der Waals surface area contributed by atoms with E-state index in [1.54, 1.807) is 0 Å². The maximum absolute atomic E-state index is 5.71. The molecule has 1 heterocycles. The molecule has 0 atom stereocenters. The first kappa shape index (κ1) is 10.7. The van der Waals surface area contributed by atoms with Gasteiger partial charge in [-0.25, -0.2) is 5.10 Å². The predicted octanol–water partition coefficient (Wildman–Crippen LogP) is 2.49. The Labute approximate surface area is 94.9 Å². The molecule has 1 saturated carbocycles. The lowest BCUT2D eigenvalue weighted by Crippen LogP contribution is -2.11. The highest BCUT2D eigenvalue weighted by molar-refractivity contribution is 7.71. The van der Waals surface area contributed by atoms with Gasteiger partial charge in [0.25, 0.3) is 0 Å². The van der Waals surface area contributed by atoms with Crippen molar-refractivity contribution in [2.24, 2.45) is 5.92 Å². The number of hydrogen-bond acceptors (Lipinski definition) is 3. The van der Waals surface area contributed by atoms with Crippen LogP contribution in [0.25, 0.3) is 0 Å². The predicted molar refractivity (Wildman–Crippen MR) is 63.0 cm³/mol. The van der Waals surface area contributed by atoms with E-state index in [2.05, 4.69) is 10.2 Å². The molecule has 0 radical (unpaired) electrons. The second-order valence-corrected chi connectivity index (χ2v) is 4.72. The minimum absolute atomic E-state index is 0.510. The summed E-state index contributed by atoms with van der Waals surface area (Å²) >= 11 is 5.10. The van der Waals surface area contributed by atoms with E-state index < -0.39 is 0 Å². The highest BCUT2D eigenvalue weighted by atomic mass is 32.1. The molecule has 1 aliphatic carbocycles. The average Bonchev–Trinajstić information content (AvgIpc) is 2.58. The van der Waals surface area contributed by atoms with Gasteiger partial charge in [0.1, 0.15) is 0 Å². The van der Waals surface area contributed by atoms with E-state index in [1.807, 2.05) is 4.57 Å². The Kier molecular flexibility index (Phi) is 3.41. The van der Waals surface area contributed by atoms with Crippen LogP contribution in [0.5, 0.6) is 0 Å². The van der Waals surface area contributed by atoms with Crippen LogP contribution in [-0.2, 0) is 6.54 Å². The zero-order valence-corrected chi connectivity index (χ0v) is 9.72. The number of aromatic nitrogens is 3. The molecule has 0 amide bonds. The van der Waals surface area contributed by atoms with Gasteiger partial charge in [0, 0.05) is 6.54 Å². The van der Waals surface area contributed by atoms with Crippen molar-refractivity contribution in [2.75, 3.05) is 5.73 Å². The molecule has 1 aromatic rings. The molecular formula is C10H18N4S. The molecule has 4 nitrogen and oxygen atoms in total. The van der Waals surface area contributed by atoms with Gasteiger partial charge in [0.15, 0.2) is 4.77 Å². The lowest BCUT2D eigenvalue weighted by Gasteiger charge is -2.21. The summed E-state index contributed by atoms with van der Waals surface area (Å²) in [6, 6.07) is 0. The molecule has 1 aromatic heterocycles. The van der Waals surface area contributed by atoms with Crippen molar-refractivity contribution < 1.29 is 0 Å². The number of nitrogen functional groups attached to an aromatic ring is 1. The molecule has 1 fully saturated rings. The summed E-state index contributed by atoms with van der Waals surface area (Å²) in [6.45, 7) is 0.909. The summed E-state index contributed by atoms with van der Waals surface area (Å²) in [4.78, 5) is 0. The Hall–Kier alpha value is -0.840. The van der Waals surface area contributed by atoms with E-state index in [-0.39, 0.29) is 0 Å². The van der Waals surface area contributed by atoms with Crippen LogP contribution in [0, 0.1) is 10.7 Å². The van der Waals surface area contributed by atoms with Gasteiger partial charge in [0.2, 0.25) is 5.95 Å². The molecule has 84 valence electrons. The number of nitrogens with one attached hydrogen (secondary N) is 1. The van der Waals surface area contributed by atoms with Gasteiger partial charge >= 0.3 is 0 Å². The molecular weight excluding hydrogens is 208 g/mol. The highest BCUT2D eigenvalue weighted by Gasteiger charge is 2.13.